The van der Waals surface area contributed by atoms with Crippen molar-refractivity contribution in [3.8, 4) is 17.2 Å². The summed E-state index contributed by atoms with van der Waals surface area (Å²) in [6, 6.07) is 12.5. The van der Waals surface area contributed by atoms with Gasteiger partial charge in [-0.1, -0.05) is 29.8 Å². The van der Waals surface area contributed by atoms with Crippen molar-refractivity contribution in [3.63, 3.8) is 0 Å². The number of aromatic nitrogens is 2. The monoisotopic (exact) mass is 369 g/mol. The van der Waals surface area contributed by atoms with Crippen molar-refractivity contribution in [3.05, 3.63) is 64.8 Å². The Morgan fingerprint density at radius 3 is 2.85 bits per heavy atom. The molecule has 4 rings (SSSR count). The van der Waals surface area contributed by atoms with Crippen LogP contribution in [0.25, 0.3) is 5.69 Å². The van der Waals surface area contributed by atoms with Crippen LogP contribution >= 0.6 is 11.6 Å². The number of ether oxygens (including phenoxy) is 1. The van der Waals surface area contributed by atoms with E-state index in [4.69, 9.17) is 16.3 Å². The minimum absolute atomic E-state index is 0.0380. The highest BCUT2D eigenvalue weighted by Gasteiger charge is 2.31. The Bertz CT molecular complexity index is 999. The van der Waals surface area contributed by atoms with Gasteiger partial charge in [0.15, 0.2) is 11.5 Å². The van der Waals surface area contributed by atoms with Crippen molar-refractivity contribution in [2.24, 2.45) is 0 Å². The number of hydrogen-bond acceptors (Lipinski definition) is 4. The van der Waals surface area contributed by atoms with E-state index in [1.807, 2.05) is 24.3 Å². The molecule has 1 unspecified atom stereocenters. The van der Waals surface area contributed by atoms with Crippen LogP contribution in [-0.2, 0) is 4.79 Å². The van der Waals surface area contributed by atoms with E-state index in [9.17, 15) is 9.90 Å². The van der Waals surface area contributed by atoms with Crippen molar-refractivity contribution in [1.82, 2.24) is 9.78 Å². The summed E-state index contributed by atoms with van der Waals surface area (Å²) in [5, 5.41) is 17.9. The predicted molar refractivity (Wildman–Crippen MR) is 98.3 cm³/mol. The molecule has 1 atom stereocenters. The van der Waals surface area contributed by atoms with Crippen molar-refractivity contribution >= 4 is 23.3 Å². The van der Waals surface area contributed by atoms with Gasteiger partial charge in [-0.3, -0.25) is 4.79 Å². The number of hydrogen-bond donors (Lipinski definition) is 2. The largest absolute Gasteiger partial charge is 0.504 e. The zero-order chi connectivity index (χ0) is 18.3. The summed E-state index contributed by atoms with van der Waals surface area (Å²) in [6.07, 6.45) is 2.00. The molecule has 132 valence electrons. The smallest absolute Gasteiger partial charge is 0.226 e. The molecule has 6 nitrogen and oxygen atoms in total. The maximum absolute atomic E-state index is 12.3. The van der Waals surface area contributed by atoms with Crippen molar-refractivity contribution < 1.29 is 14.6 Å². The van der Waals surface area contributed by atoms with Crippen molar-refractivity contribution in [2.75, 3.05) is 12.4 Å². The van der Waals surface area contributed by atoms with Crippen LogP contribution in [0.15, 0.2) is 48.7 Å². The number of fused-ring (bicyclic) bond motifs is 1. The lowest BCUT2D eigenvalue weighted by Crippen LogP contribution is -2.24. The molecule has 1 aliphatic rings. The Kier molecular flexibility index (Phi) is 4.05. The van der Waals surface area contributed by atoms with Gasteiger partial charge in [0, 0.05) is 17.9 Å². The number of methoxy groups -OCH3 is 1. The van der Waals surface area contributed by atoms with Crippen LogP contribution in [-0.4, -0.2) is 27.9 Å². The summed E-state index contributed by atoms with van der Waals surface area (Å²) in [6.45, 7) is 0. The summed E-state index contributed by atoms with van der Waals surface area (Å²) in [5.41, 5.74) is 2.38. The lowest BCUT2D eigenvalue weighted by molar-refractivity contribution is -0.116. The molecule has 3 aromatic rings. The molecule has 2 aromatic carbocycles. The molecule has 0 aliphatic carbocycles. The van der Waals surface area contributed by atoms with Gasteiger partial charge in [-0.05, 0) is 29.8 Å². The third kappa shape index (κ3) is 2.68. The normalized spacial score (nSPS) is 16.1. The molecule has 0 radical (unpaired) electrons. The van der Waals surface area contributed by atoms with Gasteiger partial charge in [-0.2, -0.15) is 5.10 Å². The first-order chi connectivity index (χ1) is 12.6. The second-order valence-corrected chi connectivity index (χ2v) is 6.46. The van der Waals surface area contributed by atoms with Crippen LogP contribution in [0, 0.1) is 0 Å². The molecule has 2 heterocycles. The standard InChI is InChI=1S/C19H16ClN3O3/c1-26-17-7-6-11(8-16(17)24)12-9-18(25)22-19-13(12)10-21-23(19)15-5-3-2-4-14(15)20/h2-8,10,12,24H,9H2,1H3,(H,22,25). The highest BCUT2D eigenvalue weighted by Crippen LogP contribution is 2.40. The molecule has 1 amide bonds. The zero-order valence-electron chi connectivity index (χ0n) is 13.9. The number of carbonyl (C=O) groups is 1. The number of nitrogens with one attached hydrogen (secondary N) is 1. The summed E-state index contributed by atoms with van der Waals surface area (Å²) in [7, 11) is 1.49. The molecule has 0 saturated heterocycles. The Balaban J connectivity index is 1.81. The summed E-state index contributed by atoms with van der Waals surface area (Å²) < 4.78 is 6.72. The van der Waals surface area contributed by atoms with E-state index in [0.717, 1.165) is 11.1 Å². The first-order valence-electron chi connectivity index (χ1n) is 8.08. The number of anilines is 1. The van der Waals surface area contributed by atoms with Crippen LogP contribution < -0.4 is 10.1 Å². The molecule has 0 bridgehead atoms. The average Bonchev–Trinajstić information content (AvgIpc) is 3.05. The number of rotatable bonds is 3. The zero-order valence-corrected chi connectivity index (χ0v) is 14.7. The van der Waals surface area contributed by atoms with Gasteiger partial charge in [0.2, 0.25) is 5.91 Å². The Labute approximate surface area is 155 Å². The van der Waals surface area contributed by atoms with Crippen molar-refractivity contribution in [2.45, 2.75) is 12.3 Å². The molecule has 1 aromatic heterocycles. The van der Waals surface area contributed by atoms with Gasteiger partial charge >= 0.3 is 0 Å². The molecule has 0 saturated carbocycles. The number of phenols is 1. The third-order valence-corrected chi connectivity index (χ3v) is 4.83. The molecule has 7 heteroatoms. The molecular weight excluding hydrogens is 354 g/mol. The van der Waals surface area contributed by atoms with E-state index in [-0.39, 0.29) is 24.0 Å². The van der Waals surface area contributed by atoms with Gasteiger partial charge in [-0.25, -0.2) is 4.68 Å². The minimum Gasteiger partial charge on any atom is -0.504 e. The molecule has 0 fully saturated rings. The maximum Gasteiger partial charge on any atom is 0.226 e. The second-order valence-electron chi connectivity index (χ2n) is 6.05. The highest BCUT2D eigenvalue weighted by molar-refractivity contribution is 6.32. The van der Waals surface area contributed by atoms with Crippen molar-refractivity contribution in [1.29, 1.82) is 0 Å². The Hall–Kier alpha value is -2.99. The predicted octanol–water partition coefficient (Wildman–Crippen LogP) is 3.71. The van der Waals surface area contributed by atoms with E-state index in [2.05, 4.69) is 10.4 Å². The molecule has 1 aliphatic heterocycles. The van der Waals surface area contributed by atoms with Crippen LogP contribution in [0.5, 0.6) is 11.5 Å². The summed E-state index contributed by atoms with van der Waals surface area (Å²) >= 11 is 6.28. The lowest BCUT2D eigenvalue weighted by atomic mass is 9.87. The van der Waals surface area contributed by atoms with E-state index < -0.39 is 0 Å². The van der Waals surface area contributed by atoms with Crippen LogP contribution in [0.3, 0.4) is 0 Å². The van der Waals surface area contributed by atoms with Gasteiger partial charge in [0.1, 0.15) is 5.82 Å². The van der Waals surface area contributed by atoms with Crippen LogP contribution in [0.1, 0.15) is 23.5 Å². The fraction of sp³-hybridized carbons (Fsp3) is 0.158. The SMILES string of the molecule is COc1ccc(C2CC(=O)Nc3c2cnn3-c2ccccc2Cl)cc1O. The number of amides is 1. The number of para-hydroxylation sites is 1. The van der Waals surface area contributed by atoms with E-state index in [1.54, 1.807) is 29.1 Å². The topological polar surface area (TPSA) is 76.4 Å². The molecular formula is C19H16ClN3O3. The van der Waals surface area contributed by atoms with Crippen LogP contribution in [0.2, 0.25) is 5.02 Å². The maximum atomic E-state index is 12.3. The molecule has 0 spiro atoms. The number of phenolic OH excluding ortho intramolecular Hbond substituents is 1. The molecule has 2 N–H and O–H groups in total. The first kappa shape index (κ1) is 16.5. The minimum atomic E-state index is -0.216. The summed E-state index contributed by atoms with van der Waals surface area (Å²) in [5.74, 6) is 0.685. The third-order valence-electron chi connectivity index (χ3n) is 4.51. The van der Waals surface area contributed by atoms with Gasteiger partial charge in [0.05, 0.1) is 24.0 Å². The molecule has 26 heavy (non-hydrogen) atoms. The quantitative estimate of drug-likeness (QED) is 0.737. The van der Waals surface area contributed by atoms with E-state index in [1.165, 1.54) is 7.11 Å². The number of halogens is 1. The number of carbonyl (C=O) groups excluding carboxylic acids is 1. The number of aromatic hydroxyl groups is 1. The van der Waals surface area contributed by atoms with Gasteiger partial charge < -0.3 is 15.2 Å². The van der Waals surface area contributed by atoms with Crippen LogP contribution in [0.4, 0.5) is 5.82 Å². The van der Waals surface area contributed by atoms with Gasteiger partial charge in [0.25, 0.3) is 0 Å². The Morgan fingerprint density at radius 1 is 1.31 bits per heavy atom. The first-order valence-corrected chi connectivity index (χ1v) is 8.46. The highest BCUT2D eigenvalue weighted by atomic mass is 35.5. The van der Waals surface area contributed by atoms with E-state index in [0.29, 0.717) is 22.3 Å². The Morgan fingerprint density at radius 2 is 2.12 bits per heavy atom. The fourth-order valence-corrected chi connectivity index (χ4v) is 3.46. The lowest BCUT2D eigenvalue weighted by Gasteiger charge is -2.24. The fourth-order valence-electron chi connectivity index (χ4n) is 3.25. The number of benzene rings is 2. The second kappa shape index (κ2) is 6.38. The average molecular weight is 370 g/mol. The summed E-state index contributed by atoms with van der Waals surface area (Å²) in [4.78, 5) is 12.3. The van der Waals surface area contributed by atoms with Gasteiger partial charge in [-0.15, -0.1) is 0 Å². The number of nitrogens with zero attached hydrogens (tertiary/aromatic N) is 2. The van der Waals surface area contributed by atoms with E-state index >= 15 is 0 Å².